The topological polar surface area (TPSA) is 36.3 Å². The Labute approximate surface area is 131 Å². The number of hydrogen-bond acceptors (Lipinski definition) is 3. The summed E-state index contributed by atoms with van der Waals surface area (Å²) in [6.45, 7) is 2.27. The van der Waals surface area contributed by atoms with Crippen LogP contribution in [0.3, 0.4) is 0 Å². The molecule has 22 heavy (non-hydrogen) atoms. The molecule has 0 radical (unpaired) electrons. The molecule has 0 amide bonds. The number of nitriles is 1. The van der Waals surface area contributed by atoms with E-state index in [0.29, 0.717) is 11.5 Å². The quantitative estimate of drug-likeness (QED) is 0.852. The molecule has 1 aliphatic rings. The Morgan fingerprint density at radius 3 is 2.41 bits per heavy atom. The van der Waals surface area contributed by atoms with Gasteiger partial charge in [0.15, 0.2) is 0 Å². The number of rotatable bonds is 3. The molecule has 1 heterocycles. The first-order valence-corrected chi connectivity index (χ1v) is 7.72. The first-order chi connectivity index (χ1) is 10.8. The van der Waals surface area contributed by atoms with Gasteiger partial charge in [-0.25, -0.2) is 0 Å². The van der Waals surface area contributed by atoms with E-state index in [0.717, 1.165) is 24.6 Å². The molecule has 3 nitrogen and oxygen atoms in total. The summed E-state index contributed by atoms with van der Waals surface area (Å²) < 4.78 is 6.07. The third-order valence-corrected chi connectivity index (χ3v) is 4.29. The Morgan fingerprint density at radius 1 is 1.05 bits per heavy atom. The number of para-hydroxylation sites is 1. The zero-order valence-electron chi connectivity index (χ0n) is 12.8. The van der Waals surface area contributed by atoms with Gasteiger partial charge in [0.1, 0.15) is 11.5 Å². The van der Waals surface area contributed by atoms with Gasteiger partial charge in [0, 0.05) is 0 Å². The van der Waals surface area contributed by atoms with Gasteiger partial charge in [0.25, 0.3) is 0 Å². The molecule has 0 saturated carbocycles. The number of hydrogen-bond donors (Lipinski definition) is 0. The molecule has 3 rings (SSSR count). The maximum atomic E-state index is 8.86. The van der Waals surface area contributed by atoms with E-state index < -0.39 is 0 Å². The molecule has 1 saturated heterocycles. The van der Waals surface area contributed by atoms with Crippen molar-refractivity contribution in [2.24, 2.45) is 0 Å². The minimum Gasteiger partial charge on any atom is -0.457 e. The molecule has 0 aliphatic carbocycles. The predicted molar refractivity (Wildman–Crippen MR) is 87.1 cm³/mol. The zero-order valence-corrected chi connectivity index (χ0v) is 12.8. The summed E-state index contributed by atoms with van der Waals surface area (Å²) in [5.74, 6) is 2.27. The SMILES string of the molecule is CN1CCC(c2ccccc2Oc2ccc(C#N)cc2)CC1. The second-order valence-corrected chi connectivity index (χ2v) is 5.85. The Morgan fingerprint density at radius 2 is 1.73 bits per heavy atom. The minimum atomic E-state index is 0.561. The van der Waals surface area contributed by atoms with Gasteiger partial charge in [-0.3, -0.25) is 0 Å². The lowest BCUT2D eigenvalue weighted by Gasteiger charge is -2.30. The van der Waals surface area contributed by atoms with Gasteiger partial charge in [-0.1, -0.05) is 18.2 Å². The van der Waals surface area contributed by atoms with Gasteiger partial charge in [-0.15, -0.1) is 0 Å². The second-order valence-electron chi connectivity index (χ2n) is 5.85. The Bertz CT molecular complexity index is 665. The molecular weight excluding hydrogens is 272 g/mol. The third kappa shape index (κ3) is 3.29. The average Bonchev–Trinajstić information content (AvgIpc) is 2.57. The van der Waals surface area contributed by atoms with Crippen LogP contribution in [0.4, 0.5) is 0 Å². The van der Waals surface area contributed by atoms with Crippen molar-refractivity contribution in [3.63, 3.8) is 0 Å². The van der Waals surface area contributed by atoms with Crippen LogP contribution in [-0.2, 0) is 0 Å². The van der Waals surface area contributed by atoms with Gasteiger partial charge in [0.05, 0.1) is 11.6 Å². The molecule has 0 atom stereocenters. The molecule has 0 aromatic heterocycles. The standard InChI is InChI=1S/C19H20N2O/c1-21-12-10-16(11-13-21)18-4-2-3-5-19(18)22-17-8-6-15(14-20)7-9-17/h2-9,16H,10-13H2,1H3. The summed E-state index contributed by atoms with van der Waals surface area (Å²) in [4.78, 5) is 2.38. The van der Waals surface area contributed by atoms with Crippen LogP contribution in [0.2, 0.25) is 0 Å². The lowest BCUT2D eigenvalue weighted by molar-refractivity contribution is 0.253. The fourth-order valence-electron chi connectivity index (χ4n) is 2.95. The van der Waals surface area contributed by atoms with E-state index in [1.165, 1.54) is 18.4 Å². The number of ether oxygens (including phenoxy) is 1. The summed E-state index contributed by atoms with van der Waals surface area (Å²) in [6.07, 6.45) is 2.34. The van der Waals surface area contributed by atoms with E-state index in [2.05, 4.69) is 30.1 Å². The zero-order chi connectivity index (χ0) is 15.4. The van der Waals surface area contributed by atoms with E-state index in [9.17, 15) is 0 Å². The van der Waals surface area contributed by atoms with Crippen LogP contribution >= 0.6 is 0 Å². The third-order valence-electron chi connectivity index (χ3n) is 4.29. The monoisotopic (exact) mass is 292 g/mol. The summed E-state index contributed by atoms with van der Waals surface area (Å²) in [5.41, 5.74) is 1.94. The normalized spacial score (nSPS) is 16.2. The predicted octanol–water partition coefficient (Wildman–Crippen LogP) is 4.16. The Balaban J connectivity index is 1.80. The molecule has 1 aliphatic heterocycles. The second kappa shape index (κ2) is 6.64. The molecule has 2 aromatic carbocycles. The highest BCUT2D eigenvalue weighted by atomic mass is 16.5. The highest BCUT2D eigenvalue weighted by Crippen LogP contribution is 2.35. The molecule has 1 fully saturated rings. The molecular formula is C19H20N2O. The largest absolute Gasteiger partial charge is 0.457 e. The van der Waals surface area contributed by atoms with Gasteiger partial charge in [-0.2, -0.15) is 5.26 Å². The van der Waals surface area contributed by atoms with Crippen molar-refractivity contribution in [1.82, 2.24) is 4.90 Å². The highest BCUT2D eigenvalue weighted by Gasteiger charge is 2.21. The Kier molecular flexibility index (Phi) is 4.41. The summed E-state index contributed by atoms with van der Waals surface area (Å²) >= 11 is 0. The number of benzene rings is 2. The first kappa shape index (κ1) is 14.6. The van der Waals surface area contributed by atoms with E-state index in [4.69, 9.17) is 10.00 Å². The summed E-state index contributed by atoms with van der Waals surface area (Å²) in [7, 11) is 2.18. The van der Waals surface area contributed by atoms with Gasteiger partial charge in [-0.05, 0) is 74.8 Å². The number of piperidine rings is 1. The van der Waals surface area contributed by atoms with Gasteiger partial charge in [0.2, 0.25) is 0 Å². The molecule has 0 unspecified atom stereocenters. The van der Waals surface area contributed by atoms with Crippen LogP contribution in [0, 0.1) is 11.3 Å². The minimum absolute atomic E-state index is 0.561. The molecule has 0 N–H and O–H groups in total. The first-order valence-electron chi connectivity index (χ1n) is 7.72. The number of nitrogens with zero attached hydrogens (tertiary/aromatic N) is 2. The lowest BCUT2D eigenvalue weighted by Crippen LogP contribution is -2.29. The maximum Gasteiger partial charge on any atom is 0.130 e. The molecule has 0 spiro atoms. The van der Waals surface area contributed by atoms with Crippen LogP contribution in [0.25, 0.3) is 0 Å². The average molecular weight is 292 g/mol. The van der Waals surface area contributed by atoms with E-state index in [-0.39, 0.29) is 0 Å². The van der Waals surface area contributed by atoms with E-state index in [1.807, 2.05) is 24.3 Å². The number of likely N-dealkylation sites (tertiary alicyclic amines) is 1. The smallest absolute Gasteiger partial charge is 0.130 e. The molecule has 0 bridgehead atoms. The van der Waals surface area contributed by atoms with Crippen LogP contribution in [-0.4, -0.2) is 25.0 Å². The molecule has 112 valence electrons. The van der Waals surface area contributed by atoms with Gasteiger partial charge >= 0.3 is 0 Å². The van der Waals surface area contributed by atoms with Crippen LogP contribution in [0.1, 0.15) is 29.9 Å². The Hall–Kier alpha value is -2.31. The van der Waals surface area contributed by atoms with Crippen molar-refractivity contribution in [1.29, 1.82) is 5.26 Å². The fourth-order valence-corrected chi connectivity index (χ4v) is 2.95. The van der Waals surface area contributed by atoms with Gasteiger partial charge < -0.3 is 9.64 Å². The summed E-state index contributed by atoms with van der Waals surface area (Å²) in [5, 5.41) is 8.86. The van der Waals surface area contributed by atoms with E-state index >= 15 is 0 Å². The van der Waals surface area contributed by atoms with Crippen LogP contribution in [0.15, 0.2) is 48.5 Å². The molecule has 3 heteroatoms. The van der Waals surface area contributed by atoms with Crippen molar-refractivity contribution < 1.29 is 4.74 Å². The highest BCUT2D eigenvalue weighted by molar-refractivity contribution is 5.42. The lowest BCUT2D eigenvalue weighted by atomic mass is 9.89. The van der Waals surface area contributed by atoms with Crippen LogP contribution < -0.4 is 4.74 Å². The van der Waals surface area contributed by atoms with Crippen molar-refractivity contribution >= 4 is 0 Å². The maximum absolute atomic E-state index is 8.86. The summed E-state index contributed by atoms with van der Waals surface area (Å²) in [6, 6.07) is 17.7. The fraction of sp³-hybridized carbons (Fsp3) is 0.316. The van der Waals surface area contributed by atoms with Crippen molar-refractivity contribution in [2.75, 3.05) is 20.1 Å². The van der Waals surface area contributed by atoms with Crippen molar-refractivity contribution in [2.45, 2.75) is 18.8 Å². The molecule has 2 aromatic rings. The van der Waals surface area contributed by atoms with E-state index in [1.54, 1.807) is 12.1 Å². The van der Waals surface area contributed by atoms with Crippen molar-refractivity contribution in [3.05, 3.63) is 59.7 Å². The van der Waals surface area contributed by atoms with Crippen molar-refractivity contribution in [3.8, 4) is 17.6 Å². The van der Waals surface area contributed by atoms with Crippen LogP contribution in [0.5, 0.6) is 11.5 Å².